The van der Waals surface area contributed by atoms with Gasteiger partial charge in [-0.05, 0) is 31.0 Å². The van der Waals surface area contributed by atoms with E-state index in [0.29, 0.717) is 5.69 Å². The van der Waals surface area contributed by atoms with Crippen LogP contribution in [0.25, 0.3) is 0 Å². The first-order chi connectivity index (χ1) is 8.48. The molecule has 0 atom stereocenters. The highest BCUT2D eigenvalue weighted by atomic mass is 19.1. The fraction of sp³-hybridized carbons (Fsp3) is 0.333. The largest absolute Gasteiger partial charge is 0.366 e. The Bertz CT molecular complexity index is 512. The van der Waals surface area contributed by atoms with Crippen LogP contribution in [0.2, 0.25) is 0 Å². The van der Waals surface area contributed by atoms with Gasteiger partial charge in [-0.3, -0.25) is 9.59 Å². The number of nitrogens with one attached hydrogen (secondary N) is 1. The molecular formula is C12H14FN3O2. The van der Waals surface area contributed by atoms with Crippen molar-refractivity contribution in [1.29, 1.82) is 0 Å². The molecule has 5 nitrogen and oxygen atoms in total. The van der Waals surface area contributed by atoms with Crippen LogP contribution in [-0.2, 0) is 4.79 Å². The van der Waals surface area contributed by atoms with E-state index in [9.17, 15) is 14.0 Å². The molecule has 0 saturated heterocycles. The summed E-state index contributed by atoms with van der Waals surface area (Å²) in [5.74, 6) is -1.78. The zero-order valence-corrected chi connectivity index (χ0v) is 9.70. The smallest absolute Gasteiger partial charge is 0.251 e. The van der Waals surface area contributed by atoms with Gasteiger partial charge in [-0.25, -0.2) is 4.39 Å². The first-order valence-corrected chi connectivity index (χ1v) is 5.59. The van der Waals surface area contributed by atoms with Crippen LogP contribution in [0.3, 0.4) is 0 Å². The molecule has 0 aliphatic heterocycles. The molecule has 1 aliphatic rings. The van der Waals surface area contributed by atoms with Crippen molar-refractivity contribution in [3.05, 3.63) is 29.6 Å². The van der Waals surface area contributed by atoms with Crippen LogP contribution in [0, 0.1) is 11.2 Å². The van der Waals surface area contributed by atoms with Crippen molar-refractivity contribution < 1.29 is 14.0 Å². The normalized spacial score (nSPS) is 16.1. The van der Waals surface area contributed by atoms with Crippen molar-refractivity contribution in [3.8, 4) is 0 Å². The second-order valence-electron chi connectivity index (χ2n) is 4.50. The van der Waals surface area contributed by atoms with E-state index in [1.165, 1.54) is 12.1 Å². The maximum atomic E-state index is 13.2. The summed E-state index contributed by atoms with van der Waals surface area (Å²) in [5.41, 5.74) is 10.2. The Balaban J connectivity index is 2.17. The number of amides is 2. The third-order valence-corrected chi connectivity index (χ3v) is 3.22. The van der Waals surface area contributed by atoms with Gasteiger partial charge in [0.1, 0.15) is 5.82 Å². The Kier molecular flexibility index (Phi) is 3.04. The van der Waals surface area contributed by atoms with Gasteiger partial charge >= 0.3 is 0 Å². The van der Waals surface area contributed by atoms with Crippen LogP contribution in [0.15, 0.2) is 18.2 Å². The van der Waals surface area contributed by atoms with Gasteiger partial charge in [0.15, 0.2) is 0 Å². The van der Waals surface area contributed by atoms with Gasteiger partial charge in [-0.1, -0.05) is 0 Å². The molecule has 1 fully saturated rings. The molecule has 0 heterocycles. The highest BCUT2D eigenvalue weighted by molar-refractivity contribution is 5.99. The monoisotopic (exact) mass is 251 g/mol. The number of hydrogen-bond donors (Lipinski definition) is 3. The highest BCUT2D eigenvalue weighted by Crippen LogP contribution is 2.45. The Morgan fingerprint density at radius 2 is 2.06 bits per heavy atom. The first kappa shape index (κ1) is 12.5. The molecule has 1 saturated carbocycles. The third-order valence-electron chi connectivity index (χ3n) is 3.22. The Labute approximate surface area is 103 Å². The zero-order valence-electron chi connectivity index (χ0n) is 9.70. The lowest BCUT2D eigenvalue weighted by molar-refractivity contribution is -0.120. The zero-order chi connectivity index (χ0) is 13.3. The molecule has 0 spiro atoms. The number of benzene rings is 1. The van der Waals surface area contributed by atoms with Crippen molar-refractivity contribution in [2.24, 2.45) is 16.9 Å². The predicted molar refractivity (Wildman–Crippen MR) is 64.3 cm³/mol. The topological polar surface area (TPSA) is 98.2 Å². The summed E-state index contributed by atoms with van der Waals surface area (Å²) in [4.78, 5) is 22.9. The molecule has 2 amide bonds. The van der Waals surface area contributed by atoms with Gasteiger partial charge in [-0.2, -0.15) is 0 Å². The molecule has 1 aliphatic carbocycles. The number of carbonyl (C=O) groups excluding carboxylic acids is 2. The first-order valence-electron chi connectivity index (χ1n) is 5.59. The van der Waals surface area contributed by atoms with E-state index in [1.54, 1.807) is 0 Å². The van der Waals surface area contributed by atoms with Gasteiger partial charge in [0.2, 0.25) is 5.91 Å². The summed E-state index contributed by atoms with van der Waals surface area (Å²) in [5, 5.41) is 2.62. The summed E-state index contributed by atoms with van der Waals surface area (Å²) >= 11 is 0. The molecule has 0 bridgehead atoms. The summed E-state index contributed by atoms with van der Waals surface area (Å²) in [6.45, 7) is 0.280. The van der Waals surface area contributed by atoms with E-state index in [2.05, 4.69) is 5.32 Å². The summed E-state index contributed by atoms with van der Waals surface area (Å²) < 4.78 is 13.2. The second kappa shape index (κ2) is 4.38. The van der Waals surface area contributed by atoms with Gasteiger partial charge in [0.05, 0.1) is 11.0 Å². The molecule has 0 radical (unpaired) electrons. The minimum absolute atomic E-state index is 0.202. The van der Waals surface area contributed by atoms with E-state index < -0.39 is 17.1 Å². The predicted octanol–water partition coefficient (Wildman–Crippen LogP) is 0.602. The van der Waals surface area contributed by atoms with Gasteiger partial charge < -0.3 is 16.8 Å². The standard InChI is InChI=1S/C12H14FN3O2/c13-9-2-1-7(5-8(9)10(15)17)16-11(18)12(6-14)3-4-12/h1-2,5H,3-4,6,14H2,(H2,15,17)(H,16,18). The number of carbonyl (C=O) groups is 2. The molecule has 1 aromatic rings. The molecule has 6 heteroatoms. The van der Waals surface area contributed by atoms with Crippen LogP contribution < -0.4 is 16.8 Å². The van der Waals surface area contributed by atoms with E-state index >= 15 is 0 Å². The van der Waals surface area contributed by atoms with Crippen LogP contribution in [0.4, 0.5) is 10.1 Å². The van der Waals surface area contributed by atoms with Crippen LogP contribution in [0.5, 0.6) is 0 Å². The molecule has 96 valence electrons. The summed E-state index contributed by atoms with van der Waals surface area (Å²) in [6.07, 6.45) is 1.50. The van der Waals surface area contributed by atoms with Crippen molar-refractivity contribution in [1.82, 2.24) is 0 Å². The van der Waals surface area contributed by atoms with Gasteiger partial charge in [0.25, 0.3) is 5.91 Å². The molecule has 2 rings (SSSR count). The maximum Gasteiger partial charge on any atom is 0.251 e. The Hall–Kier alpha value is -1.95. The quantitative estimate of drug-likeness (QED) is 0.730. The molecule has 1 aromatic carbocycles. The fourth-order valence-corrected chi connectivity index (χ4v) is 1.73. The van der Waals surface area contributed by atoms with Crippen molar-refractivity contribution in [2.45, 2.75) is 12.8 Å². The van der Waals surface area contributed by atoms with E-state index in [-0.39, 0.29) is 18.0 Å². The third kappa shape index (κ3) is 2.19. The maximum absolute atomic E-state index is 13.2. The van der Waals surface area contributed by atoms with Crippen LogP contribution >= 0.6 is 0 Å². The number of nitrogens with two attached hydrogens (primary N) is 2. The highest BCUT2D eigenvalue weighted by Gasteiger charge is 2.48. The van der Waals surface area contributed by atoms with E-state index in [0.717, 1.165) is 18.9 Å². The average Bonchev–Trinajstić information content (AvgIpc) is 3.12. The fourth-order valence-electron chi connectivity index (χ4n) is 1.73. The Morgan fingerprint density at radius 3 is 2.56 bits per heavy atom. The van der Waals surface area contributed by atoms with Crippen LogP contribution in [0.1, 0.15) is 23.2 Å². The minimum atomic E-state index is -0.872. The van der Waals surface area contributed by atoms with Crippen molar-refractivity contribution >= 4 is 17.5 Å². The SMILES string of the molecule is NCC1(C(=O)Nc2ccc(F)c(C(N)=O)c2)CC1. The van der Waals surface area contributed by atoms with Gasteiger partial charge in [0, 0.05) is 12.2 Å². The number of primary amides is 1. The van der Waals surface area contributed by atoms with Gasteiger partial charge in [-0.15, -0.1) is 0 Å². The summed E-state index contributed by atoms with van der Waals surface area (Å²) in [7, 11) is 0. The Morgan fingerprint density at radius 1 is 1.39 bits per heavy atom. The number of rotatable bonds is 4. The lowest BCUT2D eigenvalue weighted by atomic mass is 10.1. The lowest BCUT2D eigenvalue weighted by Crippen LogP contribution is -2.31. The van der Waals surface area contributed by atoms with E-state index in [1.807, 2.05) is 0 Å². The molecular weight excluding hydrogens is 237 g/mol. The molecule has 0 aromatic heterocycles. The second-order valence-corrected chi connectivity index (χ2v) is 4.50. The number of hydrogen-bond acceptors (Lipinski definition) is 3. The van der Waals surface area contributed by atoms with Crippen molar-refractivity contribution in [2.75, 3.05) is 11.9 Å². The van der Waals surface area contributed by atoms with Crippen molar-refractivity contribution in [3.63, 3.8) is 0 Å². The number of halogens is 1. The molecule has 5 N–H and O–H groups in total. The van der Waals surface area contributed by atoms with E-state index in [4.69, 9.17) is 11.5 Å². The average molecular weight is 251 g/mol. The summed E-state index contributed by atoms with van der Waals surface area (Å²) in [6, 6.07) is 3.70. The molecule has 0 unspecified atom stereocenters. The van der Waals surface area contributed by atoms with Crippen LogP contribution in [-0.4, -0.2) is 18.4 Å². The minimum Gasteiger partial charge on any atom is -0.366 e. The lowest BCUT2D eigenvalue weighted by Gasteiger charge is -2.13. The number of anilines is 1. The molecule has 18 heavy (non-hydrogen) atoms.